The highest BCUT2D eigenvalue weighted by Crippen LogP contribution is 2.19. The average molecular weight is 223 g/mol. The van der Waals surface area contributed by atoms with Gasteiger partial charge in [-0.25, -0.2) is 4.98 Å². The maximum atomic E-state index is 4.45. The summed E-state index contributed by atoms with van der Waals surface area (Å²) in [6.45, 7) is 7.81. The number of aromatic nitrogens is 2. The van der Waals surface area contributed by atoms with Crippen LogP contribution in [0.25, 0.3) is 0 Å². The highest BCUT2D eigenvalue weighted by Gasteiger charge is 2.13. The molecule has 92 valence electrons. The van der Waals surface area contributed by atoms with E-state index in [0.717, 1.165) is 12.5 Å². The van der Waals surface area contributed by atoms with Crippen molar-refractivity contribution in [3.05, 3.63) is 18.2 Å². The lowest BCUT2D eigenvalue weighted by molar-refractivity contribution is 0.434. The number of nitrogens with zero attached hydrogens (tertiary/aromatic N) is 2. The number of nitrogens with one attached hydrogen (secondary N) is 1. The molecule has 0 aliphatic carbocycles. The van der Waals surface area contributed by atoms with Gasteiger partial charge in [-0.2, -0.15) is 0 Å². The molecule has 3 heteroatoms. The van der Waals surface area contributed by atoms with Crippen molar-refractivity contribution in [1.82, 2.24) is 14.9 Å². The van der Waals surface area contributed by atoms with E-state index >= 15 is 0 Å². The van der Waals surface area contributed by atoms with Crippen molar-refractivity contribution >= 4 is 0 Å². The van der Waals surface area contributed by atoms with Gasteiger partial charge in [0.1, 0.15) is 0 Å². The Hall–Kier alpha value is -0.830. The Balaban J connectivity index is 2.55. The molecule has 1 N–H and O–H groups in total. The van der Waals surface area contributed by atoms with E-state index in [-0.39, 0.29) is 0 Å². The Morgan fingerprint density at radius 3 is 2.62 bits per heavy atom. The topological polar surface area (TPSA) is 29.9 Å². The fourth-order valence-electron chi connectivity index (χ4n) is 1.79. The fourth-order valence-corrected chi connectivity index (χ4v) is 1.79. The summed E-state index contributed by atoms with van der Waals surface area (Å²) in [7, 11) is 2.02. The van der Waals surface area contributed by atoms with Gasteiger partial charge in [-0.15, -0.1) is 0 Å². The van der Waals surface area contributed by atoms with Crippen LogP contribution in [0, 0.1) is 5.92 Å². The summed E-state index contributed by atoms with van der Waals surface area (Å²) in [5, 5.41) is 3.58. The molecule has 0 amide bonds. The molecule has 1 aromatic rings. The molecule has 0 bridgehead atoms. The van der Waals surface area contributed by atoms with Crippen LogP contribution in [0.4, 0.5) is 0 Å². The number of rotatable bonds is 7. The number of hydrogen-bond acceptors (Lipinski definition) is 2. The molecule has 3 nitrogen and oxygen atoms in total. The third-order valence-electron chi connectivity index (χ3n) is 2.76. The van der Waals surface area contributed by atoms with Gasteiger partial charge in [-0.3, -0.25) is 0 Å². The first-order chi connectivity index (χ1) is 7.63. The summed E-state index contributed by atoms with van der Waals surface area (Å²) >= 11 is 0. The van der Waals surface area contributed by atoms with Gasteiger partial charge < -0.3 is 9.88 Å². The minimum atomic E-state index is 0.420. The van der Waals surface area contributed by atoms with E-state index in [1.807, 2.05) is 17.9 Å². The Labute approximate surface area is 99.3 Å². The summed E-state index contributed by atoms with van der Waals surface area (Å²) in [6.07, 6.45) is 7.59. The van der Waals surface area contributed by atoms with E-state index in [4.69, 9.17) is 0 Å². The summed E-state index contributed by atoms with van der Waals surface area (Å²) in [4.78, 5) is 4.45. The molecule has 0 fully saturated rings. The molecule has 0 saturated carbocycles. The van der Waals surface area contributed by atoms with Gasteiger partial charge in [-0.05, 0) is 31.7 Å². The van der Waals surface area contributed by atoms with Gasteiger partial charge in [-0.1, -0.05) is 20.8 Å². The van der Waals surface area contributed by atoms with Crippen LogP contribution in [0.3, 0.4) is 0 Å². The van der Waals surface area contributed by atoms with Gasteiger partial charge >= 0.3 is 0 Å². The summed E-state index contributed by atoms with van der Waals surface area (Å²) in [5.41, 5.74) is 1.18. The van der Waals surface area contributed by atoms with Crippen LogP contribution >= 0.6 is 0 Å². The number of hydrogen-bond donors (Lipinski definition) is 1. The minimum Gasteiger partial charge on any atom is -0.340 e. The molecule has 1 aromatic heterocycles. The van der Waals surface area contributed by atoms with Gasteiger partial charge in [0.05, 0.1) is 18.1 Å². The van der Waals surface area contributed by atoms with E-state index < -0.39 is 0 Å². The van der Waals surface area contributed by atoms with Gasteiger partial charge in [0.15, 0.2) is 0 Å². The Bertz CT molecular complexity index is 291. The average Bonchev–Trinajstić information content (AvgIpc) is 2.64. The zero-order valence-electron chi connectivity index (χ0n) is 11.0. The van der Waals surface area contributed by atoms with Crippen LogP contribution in [0.2, 0.25) is 0 Å². The Morgan fingerprint density at radius 2 is 2.12 bits per heavy atom. The summed E-state index contributed by atoms with van der Waals surface area (Å²) in [5.74, 6) is 0.759. The normalized spacial score (nSPS) is 13.3. The molecule has 0 saturated heterocycles. The van der Waals surface area contributed by atoms with E-state index in [1.54, 1.807) is 0 Å². The van der Waals surface area contributed by atoms with Crippen molar-refractivity contribution in [2.24, 2.45) is 13.0 Å². The van der Waals surface area contributed by atoms with Crippen molar-refractivity contribution in [3.8, 4) is 0 Å². The SMILES string of the molecule is CCCNC(CCC(C)C)c1cn(C)cn1. The number of aryl methyl sites for hydroxylation is 1. The predicted octanol–water partition coefficient (Wildman–Crippen LogP) is 2.90. The van der Waals surface area contributed by atoms with Crippen molar-refractivity contribution in [1.29, 1.82) is 0 Å². The molecule has 1 unspecified atom stereocenters. The molecule has 1 atom stereocenters. The maximum absolute atomic E-state index is 4.45. The van der Waals surface area contributed by atoms with Gasteiger partial charge in [0, 0.05) is 13.2 Å². The third-order valence-corrected chi connectivity index (χ3v) is 2.76. The second-order valence-electron chi connectivity index (χ2n) is 4.94. The second-order valence-corrected chi connectivity index (χ2v) is 4.94. The Kier molecular flexibility index (Phi) is 5.53. The van der Waals surface area contributed by atoms with Gasteiger partial charge in [0.25, 0.3) is 0 Å². The molecular formula is C13H25N3. The molecule has 1 rings (SSSR count). The van der Waals surface area contributed by atoms with Crippen LogP contribution in [-0.4, -0.2) is 16.1 Å². The second kappa shape index (κ2) is 6.69. The predicted molar refractivity (Wildman–Crippen MR) is 68.3 cm³/mol. The first-order valence-electron chi connectivity index (χ1n) is 6.34. The zero-order valence-corrected chi connectivity index (χ0v) is 11.0. The highest BCUT2D eigenvalue weighted by molar-refractivity contribution is 5.03. The van der Waals surface area contributed by atoms with E-state index in [2.05, 4.69) is 37.3 Å². The monoisotopic (exact) mass is 223 g/mol. The van der Waals surface area contributed by atoms with Crippen molar-refractivity contribution in [2.45, 2.75) is 46.1 Å². The molecule has 0 spiro atoms. The standard InChI is InChI=1S/C13H25N3/c1-5-8-14-12(7-6-11(2)3)13-9-16(4)10-15-13/h9-12,14H,5-8H2,1-4H3. The van der Waals surface area contributed by atoms with Crippen LogP contribution in [-0.2, 0) is 7.05 Å². The van der Waals surface area contributed by atoms with Crippen LogP contribution in [0.15, 0.2) is 12.5 Å². The van der Waals surface area contributed by atoms with Crippen LogP contribution < -0.4 is 5.32 Å². The molecule has 0 aliphatic rings. The summed E-state index contributed by atoms with van der Waals surface area (Å²) < 4.78 is 2.02. The third kappa shape index (κ3) is 4.35. The lowest BCUT2D eigenvalue weighted by atomic mass is 10.0. The summed E-state index contributed by atoms with van der Waals surface area (Å²) in [6, 6.07) is 0.420. The fraction of sp³-hybridized carbons (Fsp3) is 0.769. The van der Waals surface area contributed by atoms with E-state index in [0.29, 0.717) is 6.04 Å². The smallest absolute Gasteiger partial charge is 0.0947 e. The highest BCUT2D eigenvalue weighted by atomic mass is 15.0. The quantitative estimate of drug-likeness (QED) is 0.770. The number of imidazole rings is 1. The first kappa shape index (κ1) is 13.2. The molecule has 0 radical (unpaired) electrons. The van der Waals surface area contributed by atoms with Crippen LogP contribution in [0.5, 0.6) is 0 Å². The van der Waals surface area contributed by atoms with Crippen molar-refractivity contribution in [2.75, 3.05) is 6.54 Å². The first-order valence-corrected chi connectivity index (χ1v) is 6.34. The van der Waals surface area contributed by atoms with E-state index in [1.165, 1.54) is 25.0 Å². The van der Waals surface area contributed by atoms with E-state index in [9.17, 15) is 0 Å². The van der Waals surface area contributed by atoms with Crippen molar-refractivity contribution in [3.63, 3.8) is 0 Å². The van der Waals surface area contributed by atoms with Crippen LogP contribution in [0.1, 0.15) is 51.8 Å². The Morgan fingerprint density at radius 1 is 1.38 bits per heavy atom. The largest absolute Gasteiger partial charge is 0.340 e. The molecule has 1 heterocycles. The van der Waals surface area contributed by atoms with Gasteiger partial charge in [0.2, 0.25) is 0 Å². The molecule has 0 aliphatic heterocycles. The lowest BCUT2D eigenvalue weighted by Crippen LogP contribution is -2.22. The molecular weight excluding hydrogens is 198 g/mol. The maximum Gasteiger partial charge on any atom is 0.0947 e. The van der Waals surface area contributed by atoms with Crippen molar-refractivity contribution < 1.29 is 0 Å². The molecule has 0 aromatic carbocycles. The minimum absolute atomic E-state index is 0.420. The molecule has 16 heavy (non-hydrogen) atoms. The lowest BCUT2D eigenvalue weighted by Gasteiger charge is -2.17. The zero-order chi connectivity index (χ0) is 12.0.